The van der Waals surface area contributed by atoms with Crippen LogP contribution >= 0.6 is 0 Å². The second kappa shape index (κ2) is 7.24. The first-order valence-electron chi connectivity index (χ1n) is 6.43. The van der Waals surface area contributed by atoms with Gasteiger partial charge in [0.15, 0.2) is 0 Å². The fourth-order valence-corrected chi connectivity index (χ4v) is 1.31. The maximum atomic E-state index is 11.6. The average molecular weight is 258 g/mol. The third-order valence-corrected chi connectivity index (χ3v) is 2.82. The average Bonchev–Trinajstić information content (AvgIpc) is 2.23. The summed E-state index contributed by atoms with van der Waals surface area (Å²) in [5.74, 6) is -0.307. The van der Waals surface area contributed by atoms with E-state index >= 15 is 0 Å². The Morgan fingerprint density at radius 1 is 1.17 bits per heavy atom. The van der Waals surface area contributed by atoms with Crippen LogP contribution in [0.15, 0.2) is 0 Å². The smallest absolute Gasteiger partial charge is 0.315 e. The molecule has 0 rings (SSSR count). The van der Waals surface area contributed by atoms with Crippen LogP contribution < -0.4 is 10.6 Å². The zero-order valence-electron chi connectivity index (χ0n) is 12.0. The molecule has 0 aliphatic rings. The highest BCUT2D eigenvalue weighted by molar-refractivity contribution is 5.77. The molecule has 0 aromatic rings. The molecular formula is C13H26N2O3. The van der Waals surface area contributed by atoms with E-state index in [1.165, 1.54) is 0 Å². The highest BCUT2D eigenvalue weighted by atomic mass is 16.4. The number of carboxylic acid groups (broad SMARTS) is 1. The monoisotopic (exact) mass is 258 g/mol. The minimum absolute atomic E-state index is 0.0975. The van der Waals surface area contributed by atoms with E-state index < -0.39 is 11.4 Å². The van der Waals surface area contributed by atoms with Crippen LogP contribution in [0.2, 0.25) is 0 Å². The molecule has 5 heteroatoms. The van der Waals surface area contributed by atoms with Crippen LogP contribution in [0.25, 0.3) is 0 Å². The molecule has 1 atom stereocenters. The van der Waals surface area contributed by atoms with E-state index in [1.54, 1.807) is 13.8 Å². The van der Waals surface area contributed by atoms with Gasteiger partial charge in [-0.05, 0) is 39.5 Å². The molecule has 106 valence electrons. The van der Waals surface area contributed by atoms with Gasteiger partial charge in [-0.2, -0.15) is 0 Å². The van der Waals surface area contributed by atoms with Crippen molar-refractivity contribution >= 4 is 12.0 Å². The molecule has 0 spiro atoms. The van der Waals surface area contributed by atoms with Crippen molar-refractivity contribution in [2.75, 3.05) is 6.54 Å². The number of amides is 2. The Balaban J connectivity index is 3.94. The molecule has 0 radical (unpaired) electrons. The molecule has 0 saturated carbocycles. The van der Waals surface area contributed by atoms with E-state index in [4.69, 9.17) is 5.11 Å². The lowest BCUT2D eigenvalue weighted by atomic mass is 9.94. The summed E-state index contributed by atoms with van der Waals surface area (Å²) in [4.78, 5) is 22.4. The van der Waals surface area contributed by atoms with Crippen molar-refractivity contribution in [3.05, 3.63) is 0 Å². The van der Waals surface area contributed by atoms with Gasteiger partial charge in [-0.15, -0.1) is 0 Å². The van der Waals surface area contributed by atoms with Crippen LogP contribution in [0.1, 0.15) is 47.5 Å². The van der Waals surface area contributed by atoms with Crippen molar-refractivity contribution in [3.63, 3.8) is 0 Å². The minimum atomic E-state index is -0.946. The van der Waals surface area contributed by atoms with Crippen LogP contribution in [0.3, 0.4) is 0 Å². The predicted molar refractivity (Wildman–Crippen MR) is 71.5 cm³/mol. The van der Waals surface area contributed by atoms with E-state index in [0.29, 0.717) is 5.92 Å². The summed E-state index contributed by atoms with van der Waals surface area (Å²) < 4.78 is 0. The number of rotatable bonds is 7. The lowest BCUT2D eigenvalue weighted by molar-refractivity contribution is -0.146. The molecule has 0 aromatic carbocycles. The number of nitrogens with one attached hydrogen (secondary N) is 2. The first kappa shape index (κ1) is 16.7. The summed E-state index contributed by atoms with van der Waals surface area (Å²) in [6.45, 7) is 9.51. The van der Waals surface area contributed by atoms with E-state index in [9.17, 15) is 9.59 Å². The van der Waals surface area contributed by atoms with Crippen LogP contribution in [0.4, 0.5) is 4.79 Å². The molecule has 0 fully saturated rings. The molecule has 2 amide bonds. The summed E-state index contributed by atoms with van der Waals surface area (Å²) in [5.41, 5.74) is -0.946. The topological polar surface area (TPSA) is 78.4 Å². The maximum absolute atomic E-state index is 11.6. The summed E-state index contributed by atoms with van der Waals surface area (Å²) >= 11 is 0. The quantitative estimate of drug-likeness (QED) is 0.655. The number of hydrogen-bond acceptors (Lipinski definition) is 2. The molecule has 1 unspecified atom stereocenters. The van der Waals surface area contributed by atoms with Crippen molar-refractivity contribution in [2.45, 2.75) is 53.5 Å². The first-order valence-corrected chi connectivity index (χ1v) is 6.43. The van der Waals surface area contributed by atoms with Gasteiger partial charge >= 0.3 is 12.0 Å². The number of hydrogen-bond donors (Lipinski definition) is 3. The zero-order chi connectivity index (χ0) is 14.3. The summed E-state index contributed by atoms with van der Waals surface area (Å²) in [6.07, 6.45) is 1.98. The van der Waals surface area contributed by atoms with E-state index in [2.05, 4.69) is 24.5 Å². The Hall–Kier alpha value is -1.26. The molecule has 0 aliphatic heterocycles. The van der Waals surface area contributed by atoms with Gasteiger partial charge in [0.1, 0.15) is 0 Å². The van der Waals surface area contributed by atoms with E-state index in [0.717, 1.165) is 12.8 Å². The van der Waals surface area contributed by atoms with Gasteiger partial charge in [-0.25, -0.2) is 4.79 Å². The van der Waals surface area contributed by atoms with E-state index in [-0.39, 0.29) is 18.6 Å². The Kier molecular flexibility index (Phi) is 6.73. The zero-order valence-corrected chi connectivity index (χ0v) is 12.0. The fourth-order valence-electron chi connectivity index (χ4n) is 1.31. The second-order valence-corrected chi connectivity index (χ2v) is 5.89. The molecule has 0 aromatic heterocycles. The van der Waals surface area contributed by atoms with Gasteiger partial charge in [-0.1, -0.05) is 13.8 Å². The van der Waals surface area contributed by atoms with E-state index in [1.807, 2.05) is 6.92 Å². The molecule has 0 heterocycles. The SMILES string of the molecule is CC(C)CCC(C)NC(=O)NCC(C)(C)C(=O)O. The van der Waals surface area contributed by atoms with Crippen molar-refractivity contribution in [2.24, 2.45) is 11.3 Å². The lowest BCUT2D eigenvalue weighted by Gasteiger charge is -2.21. The maximum Gasteiger partial charge on any atom is 0.315 e. The molecule has 0 aliphatic carbocycles. The van der Waals surface area contributed by atoms with Crippen LogP contribution in [0, 0.1) is 11.3 Å². The van der Waals surface area contributed by atoms with Crippen molar-refractivity contribution in [1.29, 1.82) is 0 Å². The Morgan fingerprint density at radius 2 is 1.72 bits per heavy atom. The Morgan fingerprint density at radius 3 is 2.17 bits per heavy atom. The summed E-state index contributed by atoms with van der Waals surface area (Å²) in [5, 5.41) is 14.3. The van der Waals surface area contributed by atoms with Crippen LogP contribution in [-0.2, 0) is 4.79 Å². The van der Waals surface area contributed by atoms with Gasteiger partial charge < -0.3 is 15.7 Å². The number of urea groups is 1. The number of carbonyl (C=O) groups excluding carboxylic acids is 1. The van der Waals surface area contributed by atoms with Crippen LogP contribution in [-0.4, -0.2) is 29.7 Å². The lowest BCUT2D eigenvalue weighted by Crippen LogP contribution is -2.46. The van der Waals surface area contributed by atoms with Crippen molar-refractivity contribution < 1.29 is 14.7 Å². The molecular weight excluding hydrogens is 232 g/mol. The second-order valence-electron chi connectivity index (χ2n) is 5.89. The van der Waals surface area contributed by atoms with Crippen molar-refractivity contribution in [3.8, 4) is 0 Å². The normalized spacial score (nSPS) is 13.2. The highest BCUT2D eigenvalue weighted by Gasteiger charge is 2.27. The predicted octanol–water partition coefficient (Wildman–Crippen LogP) is 2.22. The molecule has 5 nitrogen and oxygen atoms in total. The van der Waals surface area contributed by atoms with Gasteiger partial charge in [0, 0.05) is 12.6 Å². The largest absolute Gasteiger partial charge is 0.481 e. The van der Waals surface area contributed by atoms with Crippen molar-refractivity contribution in [1.82, 2.24) is 10.6 Å². The highest BCUT2D eigenvalue weighted by Crippen LogP contribution is 2.13. The summed E-state index contributed by atoms with van der Waals surface area (Å²) in [6, 6.07) is -0.207. The van der Waals surface area contributed by atoms with Gasteiger partial charge in [0.25, 0.3) is 0 Å². The number of carbonyl (C=O) groups is 2. The molecule has 0 bridgehead atoms. The van der Waals surface area contributed by atoms with Gasteiger partial charge in [-0.3, -0.25) is 4.79 Å². The minimum Gasteiger partial charge on any atom is -0.481 e. The Labute approximate surface area is 109 Å². The van der Waals surface area contributed by atoms with Crippen LogP contribution in [0.5, 0.6) is 0 Å². The number of aliphatic carboxylic acids is 1. The third-order valence-electron chi connectivity index (χ3n) is 2.82. The third kappa shape index (κ3) is 7.14. The van der Waals surface area contributed by atoms with Gasteiger partial charge in [0.05, 0.1) is 5.41 Å². The Bertz CT molecular complexity index is 288. The first-order chi connectivity index (χ1) is 8.15. The van der Waals surface area contributed by atoms with Gasteiger partial charge in [0.2, 0.25) is 0 Å². The molecule has 0 saturated heterocycles. The standard InChI is InChI=1S/C13H26N2O3/c1-9(2)6-7-10(3)15-12(18)14-8-13(4,5)11(16)17/h9-10H,6-8H2,1-5H3,(H,16,17)(H2,14,15,18). The summed E-state index contributed by atoms with van der Waals surface area (Å²) in [7, 11) is 0. The molecule has 18 heavy (non-hydrogen) atoms. The fraction of sp³-hybridized carbons (Fsp3) is 0.846. The molecule has 3 N–H and O–H groups in total. The number of carboxylic acids is 1.